The Bertz CT molecular complexity index is 2460. The number of aromatic amines is 1. The highest BCUT2D eigenvalue weighted by atomic mass is 16.5. The molecule has 2 fully saturated rings. The van der Waals surface area contributed by atoms with Gasteiger partial charge < -0.3 is 14.7 Å². The molecule has 58 heavy (non-hydrogen) atoms. The molecule has 6 aromatic rings. The largest absolute Gasteiger partial charge is 0.369 e. The fourth-order valence-corrected chi connectivity index (χ4v) is 7.86. The quantitative estimate of drug-likeness (QED) is 0.128. The zero-order valence-corrected chi connectivity index (χ0v) is 33.6. The lowest BCUT2D eigenvalue weighted by molar-refractivity contribution is -0.134. The molecular formula is C45H49N9O4. The van der Waals surface area contributed by atoms with E-state index >= 15 is 0 Å². The number of nitrogens with one attached hydrogen (secondary N) is 3. The van der Waals surface area contributed by atoms with Crippen molar-refractivity contribution >= 4 is 34.4 Å². The summed E-state index contributed by atoms with van der Waals surface area (Å²) in [7, 11) is 0. The second-order valence-electron chi connectivity index (χ2n) is 16.5. The Morgan fingerprint density at radius 3 is 2.38 bits per heavy atom. The second-order valence-corrected chi connectivity index (χ2v) is 16.5. The molecule has 8 rings (SSSR count). The number of nitrogens with zero attached hydrogens (tertiary/aromatic N) is 6. The van der Waals surface area contributed by atoms with E-state index in [4.69, 9.17) is 9.51 Å². The van der Waals surface area contributed by atoms with E-state index in [9.17, 15) is 14.4 Å². The molecule has 2 aliphatic heterocycles. The number of piperazine rings is 1. The fraction of sp³-hybridized carbons (Fsp3) is 0.356. The van der Waals surface area contributed by atoms with Crippen molar-refractivity contribution in [2.24, 2.45) is 0 Å². The fourth-order valence-electron chi connectivity index (χ4n) is 7.86. The molecule has 5 heterocycles. The van der Waals surface area contributed by atoms with Crippen LogP contribution in [0.1, 0.15) is 91.3 Å². The van der Waals surface area contributed by atoms with Crippen molar-refractivity contribution in [2.75, 3.05) is 37.6 Å². The van der Waals surface area contributed by atoms with Gasteiger partial charge in [-0.1, -0.05) is 74.5 Å². The van der Waals surface area contributed by atoms with Crippen LogP contribution in [0, 0.1) is 6.92 Å². The van der Waals surface area contributed by atoms with Crippen molar-refractivity contribution in [2.45, 2.75) is 71.3 Å². The molecule has 13 heteroatoms. The van der Waals surface area contributed by atoms with Gasteiger partial charge in [0.1, 0.15) is 5.69 Å². The number of piperidine rings is 1. The Morgan fingerprint density at radius 2 is 1.69 bits per heavy atom. The molecule has 0 aliphatic carbocycles. The van der Waals surface area contributed by atoms with Gasteiger partial charge in [0.05, 0.1) is 12.0 Å². The van der Waals surface area contributed by atoms with Crippen LogP contribution >= 0.6 is 0 Å². The second kappa shape index (κ2) is 16.0. The molecule has 2 atom stereocenters. The van der Waals surface area contributed by atoms with E-state index in [1.807, 2.05) is 65.1 Å². The van der Waals surface area contributed by atoms with Gasteiger partial charge in [0.2, 0.25) is 11.8 Å². The van der Waals surface area contributed by atoms with E-state index in [-0.39, 0.29) is 35.1 Å². The van der Waals surface area contributed by atoms with Gasteiger partial charge >= 0.3 is 11.8 Å². The third-order valence-corrected chi connectivity index (χ3v) is 11.3. The molecule has 0 bridgehead atoms. The number of aryl methyl sites for hydroxylation is 1. The Labute approximate surface area is 337 Å². The first-order chi connectivity index (χ1) is 27.9. The average Bonchev–Trinajstić information content (AvgIpc) is 3.89. The molecule has 2 aliphatic rings. The van der Waals surface area contributed by atoms with Gasteiger partial charge in [-0.25, -0.2) is 4.98 Å². The monoisotopic (exact) mass is 779 g/mol. The van der Waals surface area contributed by atoms with E-state index in [0.29, 0.717) is 24.3 Å². The van der Waals surface area contributed by atoms with Crippen molar-refractivity contribution in [1.29, 1.82) is 0 Å². The third kappa shape index (κ3) is 8.26. The third-order valence-electron chi connectivity index (χ3n) is 11.3. The Balaban J connectivity index is 0.865. The summed E-state index contributed by atoms with van der Waals surface area (Å²) in [6.45, 7) is 14.7. The lowest BCUT2D eigenvalue weighted by Crippen LogP contribution is -2.47. The van der Waals surface area contributed by atoms with Crippen LogP contribution in [-0.4, -0.2) is 80.7 Å². The molecule has 3 N–H and O–H groups in total. The summed E-state index contributed by atoms with van der Waals surface area (Å²) in [5, 5.41) is 18.1. The highest BCUT2D eigenvalue weighted by Gasteiger charge is 2.28. The summed E-state index contributed by atoms with van der Waals surface area (Å²) in [5.41, 5.74) is 9.68. The molecule has 3 aromatic heterocycles. The summed E-state index contributed by atoms with van der Waals surface area (Å²) < 4.78 is 5.24. The summed E-state index contributed by atoms with van der Waals surface area (Å²) in [6, 6.07) is 25.0. The molecule has 2 saturated heterocycles. The van der Waals surface area contributed by atoms with Crippen LogP contribution in [-0.2, 0) is 21.4 Å². The molecule has 0 radical (unpaired) electrons. The number of anilines is 1. The van der Waals surface area contributed by atoms with Gasteiger partial charge in [-0.05, 0) is 78.8 Å². The predicted molar refractivity (Wildman–Crippen MR) is 222 cm³/mol. The van der Waals surface area contributed by atoms with Crippen LogP contribution in [0.25, 0.3) is 33.4 Å². The molecule has 3 amide bonds. The Hall–Kier alpha value is -6.21. The van der Waals surface area contributed by atoms with E-state index in [1.165, 1.54) is 11.3 Å². The number of imide groups is 1. The van der Waals surface area contributed by atoms with Crippen LogP contribution in [0.15, 0.2) is 83.5 Å². The highest BCUT2D eigenvalue weighted by Crippen LogP contribution is 2.33. The van der Waals surface area contributed by atoms with Gasteiger partial charge in [-0.15, -0.1) is 0 Å². The standard InChI is InChI=1S/C45H49N9O4/c1-27-24-32(12-15-35(27)28(2)47-42(57)43-49-44(52-58-43)45(3,4)5)39-37-25-33(26-46-40(37)51-50-39)30-10-13-34(14-11-30)54-22-20-53(21-23-54)19-18-29-6-8-31(9-7-29)36-16-17-38(55)48-41(36)56/h6-15,24-26,28,36H,16-23H2,1-5H3,(H,47,57)(H,46,50,51)(H,48,55,56)/t28-,36?/m1/s1. The summed E-state index contributed by atoms with van der Waals surface area (Å²) >= 11 is 0. The van der Waals surface area contributed by atoms with E-state index < -0.39 is 5.91 Å². The highest BCUT2D eigenvalue weighted by molar-refractivity contribution is 6.01. The summed E-state index contributed by atoms with van der Waals surface area (Å²) in [6.07, 6.45) is 3.80. The predicted octanol–water partition coefficient (Wildman–Crippen LogP) is 6.66. The number of pyridine rings is 1. The van der Waals surface area contributed by atoms with Gasteiger partial charge in [0.15, 0.2) is 11.5 Å². The first kappa shape index (κ1) is 38.7. The molecule has 0 saturated carbocycles. The zero-order chi connectivity index (χ0) is 40.6. The van der Waals surface area contributed by atoms with Crippen molar-refractivity contribution in [3.63, 3.8) is 0 Å². The van der Waals surface area contributed by atoms with Crippen molar-refractivity contribution < 1.29 is 18.9 Å². The minimum atomic E-state index is -0.410. The van der Waals surface area contributed by atoms with Crippen LogP contribution in [0.5, 0.6) is 0 Å². The lowest BCUT2D eigenvalue weighted by Gasteiger charge is -2.36. The smallest absolute Gasteiger partial charge is 0.315 e. The topological polar surface area (TPSA) is 162 Å². The molecule has 298 valence electrons. The van der Waals surface area contributed by atoms with Crippen LogP contribution in [0.3, 0.4) is 0 Å². The Morgan fingerprint density at radius 1 is 0.948 bits per heavy atom. The van der Waals surface area contributed by atoms with Crippen LogP contribution in [0.4, 0.5) is 5.69 Å². The average molecular weight is 780 g/mol. The zero-order valence-electron chi connectivity index (χ0n) is 33.6. The number of hydrogen-bond donors (Lipinski definition) is 3. The number of fused-ring (bicyclic) bond motifs is 1. The maximum atomic E-state index is 12.9. The maximum absolute atomic E-state index is 12.9. The first-order valence-corrected chi connectivity index (χ1v) is 20.0. The van der Waals surface area contributed by atoms with Crippen molar-refractivity contribution in [1.82, 2.24) is 40.9 Å². The van der Waals surface area contributed by atoms with Gasteiger partial charge in [0.25, 0.3) is 0 Å². The molecule has 3 aromatic carbocycles. The van der Waals surface area contributed by atoms with Crippen molar-refractivity contribution in [3.8, 4) is 22.4 Å². The van der Waals surface area contributed by atoms with Gasteiger partial charge in [-0.3, -0.25) is 29.7 Å². The minimum absolute atomic E-state index is 0.0486. The number of hydrogen-bond acceptors (Lipinski definition) is 10. The summed E-state index contributed by atoms with van der Waals surface area (Å²) in [5.74, 6) is -0.592. The minimum Gasteiger partial charge on any atom is -0.369 e. The number of carbonyl (C=O) groups is 3. The number of H-pyrrole nitrogens is 1. The molecular weight excluding hydrogens is 731 g/mol. The van der Waals surface area contributed by atoms with Crippen LogP contribution in [0.2, 0.25) is 0 Å². The summed E-state index contributed by atoms with van der Waals surface area (Å²) in [4.78, 5) is 50.6. The number of rotatable bonds is 10. The molecule has 13 nitrogen and oxygen atoms in total. The number of aromatic nitrogens is 5. The maximum Gasteiger partial charge on any atom is 0.315 e. The van der Waals surface area contributed by atoms with E-state index in [1.54, 1.807) is 0 Å². The van der Waals surface area contributed by atoms with E-state index in [2.05, 4.69) is 89.3 Å². The molecule has 1 unspecified atom stereocenters. The first-order valence-electron chi connectivity index (χ1n) is 20.0. The SMILES string of the molecule is Cc1cc(-c2n[nH]c3ncc(-c4ccc(N5CCN(CCc6ccc(C7CCC(=O)NC7=O)cc6)CC5)cc4)cc23)ccc1[C@@H](C)NC(=O)c1nc(C(C)(C)C)no1. The van der Waals surface area contributed by atoms with Gasteiger partial charge in [-0.2, -0.15) is 10.1 Å². The number of amides is 3. The lowest BCUT2D eigenvalue weighted by atomic mass is 9.90. The van der Waals surface area contributed by atoms with E-state index in [0.717, 1.165) is 83.6 Å². The number of carbonyl (C=O) groups excluding carboxylic acids is 3. The molecule has 0 spiro atoms. The number of benzene rings is 3. The van der Waals surface area contributed by atoms with Crippen LogP contribution < -0.4 is 15.5 Å². The van der Waals surface area contributed by atoms with Crippen molar-refractivity contribution in [3.05, 3.63) is 113 Å². The Kier molecular flexibility index (Phi) is 10.6. The normalized spacial score (nSPS) is 17.1. The van der Waals surface area contributed by atoms with Gasteiger partial charge in [0, 0.05) is 73.0 Å².